The van der Waals surface area contributed by atoms with Gasteiger partial charge in [-0.3, -0.25) is 4.79 Å². The number of nitrogens with zero attached hydrogens (tertiary/aromatic N) is 1. The highest BCUT2D eigenvalue weighted by atomic mass is 19.1. The predicted octanol–water partition coefficient (Wildman–Crippen LogP) is 2.76. The molecule has 1 heterocycles. The number of aryl methyl sites for hydroxylation is 1. The van der Waals surface area contributed by atoms with Gasteiger partial charge in [0.15, 0.2) is 0 Å². The van der Waals surface area contributed by atoms with Gasteiger partial charge in [0.25, 0.3) is 0 Å². The summed E-state index contributed by atoms with van der Waals surface area (Å²) in [5.74, 6) is -0.269. The van der Waals surface area contributed by atoms with Crippen molar-refractivity contribution in [2.24, 2.45) is 5.73 Å². The number of anilines is 1. The minimum atomic E-state index is -0.303. The van der Waals surface area contributed by atoms with Gasteiger partial charge in [0, 0.05) is 24.2 Å². The maximum absolute atomic E-state index is 14.0. The Labute approximate surface area is 123 Å². The molecule has 108 valence electrons. The van der Waals surface area contributed by atoms with Crippen molar-refractivity contribution in [2.45, 2.75) is 25.9 Å². The molecular weight excluding hydrogens is 267 g/mol. The number of carbonyl (C=O) groups is 1. The van der Waals surface area contributed by atoms with Crippen molar-refractivity contribution >= 4 is 11.6 Å². The molecule has 2 aromatic carbocycles. The summed E-state index contributed by atoms with van der Waals surface area (Å²) in [4.78, 5) is 13.9. The minimum absolute atomic E-state index is 0.0336. The van der Waals surface area contributed by atoms with Crippen molar-refractivity contribution in [1.29, 1.82) is 0 Å². The number of amides is 1. The molecule has 0 spiro atoms. The van der Waals surface area contributed by atoms with E-state index in [0.717, 1.165) is 23.2 Å². The second-order valence-corrected chi connectivity index (χ2v) is 5.24. The molecule has 0 fully saturated rings. The Morgan fingerprint density at radius 2 is 1.95 bits per heavy atom. The number of rotatable bonds is 3. The number of nitrogens with two attached hydrogens (primary N) is 1. The van der Waals surface area contributed by atoms with Gasteiger partial charge in [0.2, 0.25) is 5.91 Å². The molecule has 2 N–H and O–H groups in total. The molecule has 1 aliphatic rings. The van der Waals surface area contributed by atoms with Crippen molar-refractivity contribution in [3.05, 3.63) is 65.0 Å². The van der Waals surface area contributed by atoms with E-state index in [9.17, 15) is 9.18 Å². The molecule has 4 heteroatoms. The first-order valence-corrected chi connectivity index (χ1v) is 7.04. The van der Waals surface area contributed by atoms with Gasteiger partial charge in [-0.05, 0) is 35.7 Å². The Bertz CT molecular complexity index is 684. The molecule has 3 rings (SSSR count). The van der Waals surface area contributed by atoms with Crippen molar-refractivity contribution in [2.75, 3.05) is 4.90 Å². The molecule has 2 aromatic rings. The number of hydrogen-bond acceptors (Lipinski definition) is 2. The van der Waals surface area contributed by atoms with Crippen molar-refractivity contribution in [1.82, 2.24) is 0 Å². The van der Waals surface area contributed by atoms with Gasteiger partial charge in [-0.2, -0.15) is 0 Å². The highest BCUT2D eigenvalue weighted by molar-refractivity contribution is 5.96. The maximum atomic E-state index is 14.0. The third kappa shape index (κ3) is 2.67. The molecule has 0 bridgehead atoms. The highest BCUT2D eigenvalue weighted by Gasteiger charge is 2.24. The zero-order chi connectivity index (χ0) is 14.8. The average Bonchev–Trinajstić information content (AvgIpc) is 2.52. The Kier molecular flexibility index (Phi) is 3.71. The van der Waals surface area contributed by atoms with E-state index in [-0.39, 0.29) is 18.3 Å². The average molecular weight is 284 g/mol. The third-order valence-corrected chi connectivity index (χ3v) is 3.87. The molecule has 0 radical (unpaired) electrons. The van der Waals surface area contributed by atoms with Crippen LogP contribution in [0.5, 0.6) is 0 Å². The minimum Gasteiger partial charge on any atom is -0.326 e. The van der Waals surface area contributed by atoms with E-state index < -0.39 is 0 Å². The summed E-state index contributed by atoms with van der Waals surface area (Å²) >= 11 is 0. The van der Waals surface area contributed by atoms with Crippen LogP contribution < -0.4 is 10.6 Å². The fourth-order valence-corrected chi connectivity index (χ4v) is 2.72. The van der Waals surface area contributed by atoms with Crippen molar-refractivity contribution in [3.8, 4) is 0 Å². The summed E-state index contributed by atoms with van der Waals surface area (Å²) in [7, 11) is 0. The monoisotopic (exact) mass is 284 g/mol. The normalized spacial score (nSPS) is 14.2. The van der Waals surface area contributed by atoms with Crippen molar-refractivity contribution < 1.29 is 9.18 Å². The van der Waals surface area contributed by atoms with Crippen LogP contribution in [0.2, 0.25) is 0 Å². The third-order valence-electron chi connectivity index (χ3n) is 3.87. The second-order valence-electron chi connectivity index (χ2n) is 5.24. The zero-order valence-electron chi connectivity index (χ0n) is 11.7. The lowest BCUT2D eigenvalue weighted by atomic mass is 10.00. The molecule has 0 atom stereocenters. The van der Waals surface area contributed by atoms with Crippen LogP contribution in [-0.2, 0) is 24.3 Å². The van der Waals surface area contributed by atoms with E-state index in [2.05, 4.69) is 0 Å². The fraction of sp³-hybridized carbons (Fsp3) is 0.235. The molecule has 3 nitrogen and oxygen atoms in total. The maximum Gasteiger partial charge on any atom is 0.227 e. The SMILES string of the molecule is NCc1ccc(F)c(CN2C(=O)CCc3ccccc32)c1. The Hall–Kier alpha value is -2.20. The van der Waals surface area contributed by atoms with Crippen molar-refractivity contribution in [3.63, 3.8) is 0 Å². The van der Waals surface area contributed by atoms with Gasteiger partial charge in [-0.25, -0.2) is 4.39 Å². The summed E-state index contributed by atoms with van der Waals surface area (Å²) in [5.41, 5.74) is 8.98. The zero-order valence-corrected chi connectivity index (χ0v) is 11.7. The van der Waals surface area contributed by atoms with Crippen LogP contribution in [0.25, 0.3) is 0 Å². The first kappa shape index (κ1) is 13.8. The molecule has 21 heavy (non-hydrogen) atoms. The van der Waals surface area contributed by atoms with Crippen LogP contribution in [0, 0.1) is 5.82 Å². The van der Waals surface area contributed by atoms with Crippen LogP contribution in [0.15, 0.2) is 42.5 Å². The number of para-hydroxylation sites is 1. The van der Waals surface area contributed by atoms with Crippen LogP contribution in [0.4, 0.5) is 10.1 Å². The number of fused-ring (bicyclic) bond motifs is 1. The van der Waals surface area contributed by atoms with E-state index in [4.69, 9.17) is 5.73 Å². The van der Waals surface area contributed by atoms with Gasteiger partial charge in [0.05, 0.1) is 6.54 Å². The Morgan fingerprint density at radius 3 is 2.76 bits per heavy atom. The quantitative estimate of drug-likeness (QED) is 0.942. The van der Waals surface area contributed by atoms with Gasteiger partial charge < -0.3 is 10.6 Å². The van der Waals surface area contributed by atoms with Gasteiger partial charge in [-0.1, -0.05) is 24.3 Å². The predicted molar refractivity (Wildman–Crippen MR) is 80.2 cm³/mol. The largest absolute Gasteiger partial charge is 0.326 e. The van der Waals surface area contributed by atoms with E-state index in [0.29, 0.717) is 18.5 Å². The summed E-state index contributed by atoms with van der Waals surface area (Å²) < 4.78 is 14.0. The highest BCUT2D eigenvalue weighted by Crippen LogP contribution is 2.29. The Morgan fingerprint density at radius 1 is 1.14 bits per heavy atom. The molecule has 0 aromatic heterocycles. The van der Waals surface area contributed by atoms with E-state index in [1.807, 2.05) is 24.3 Å². The van der Waals surface area contributed by atoms with Gasteiger partial charge >= 0.3 is 0 Å². The Balaban J connectivity index is 1.96. The van der Waals surface area contributed by atoms with E-state index in [1.54, 1.807) is 17.0 Å². The summed E-state index contributed by atoms with van der Waals surface area (Å²) in [6, 6.07) is 12.6. The lowest BCUT2D eigenvalue weighted by Gasteiger charge is -2.29. The molecule has 0 aliphatic carbocycles. The molecule has 0 saturated heterocycles. The molecule has 0 saturated carbocycles. The van der Waals surface area contributed by atoms with Crippen LogP contribution >= 0.6 is 0 Å². The fourth-order valence-electron chi connectivity index (χ4n) is 2.72. The van der Waals surface area contributed by atoms with Crippen LogP contribution in [-0.4, -0.2) is 5.91 Å². The smallest absolute Gasteiger partial charge is 0.227 e. The molecule has 0 unspecified atom stereocenters. The lowest BCUT2D eigenvalue weighted by Crippen LogP contribution is -2.34. The lowest BCUT2D eigenvalue weighted by molar-refractivity contribution is -0.119. The second kappa shape index (κ2) is 5.66. The first-order chi connectivity index (χ1) is 10.2. The number of carbonyl (C=O) groups excluding carboxylic acids is 1. The van der Waals surface area contributed by atoms with Crippen LogP contribution in [0.1, 0.15) is 23.1 Å². The summed E-state index contributed by atoms with van der Waals surface area (Å²) in [5, 5.41) is 0. The topological polar surface area (TPSA) is 46.3 Å². The number of halogens is 1. The van der Waals surface area contributed by atoms with E-state index >= 15 is 0 Å². The van der Waals surface area contributed by atoms with Gasteiger partial charge in [-0.15, -0.1) is 0 Å². The van der Waals surface area contributed by atoms with Gasteiger partial charge in [0.1, 0.15) is 5.82 Å². The van der Waals surface area contributed by atoms with Crippen LogP contribution in [0.3, 0.4) is 0 Å². The molecule has 1 amide bonds. The number of benzene rings is 2. The first-order valence-electron chi connectivity index (χ1n) is 7.04. The summed E-state index contributed by atoms with van der Waals surface area (Å²) in [6.45, 7) is 0.604. The van der Waals surface area contributed by atoms with E-state index in [1.165, 1.54) is 6.07 Å². The molecule has 1 aliphatic heterocycles. The molecular formula is C17H17FN2O. The standard InChI is InChI=1S/C17H17FN2O/c18-15-7-5-12(10-19)9-14(15)11-20-16-4-2-1-3-13(16)6-8-17(20)21/h1-5,7,9H,6,8,10-11,19H2. The number of hydrogen-bond donors (Lipinski definition) is 1. The summed E-state index contributed by atoms with van der Waals surface area (Å²) in [6.07, 6.45) is 1.21.